The summed E-state index contributed by atoms with van der Waals surface area (Å²) >= 11 is 3.21. The van der Waals surface area contributed by atoms with Crippen molar-refractivity contribution in [1.82, 2.24) is 15.2 Å². The van der Waals surface area contributed by atoms with Crippen LogP contribution in [0.3, 0.4) is 0 Å². The molecule has 0 radical (unpaired) electrons. The van der Waals surface area contributed by atoms with E-state index in [1.165, 1.54) is 6.07 Å². The largest absolute Gasteiger partial charge is 0.506 e. The summed E-state index contributed by atoms with van der Waals surface area (Å²) in [5, 5.41) is 16.8. The molecule has 1 heterocycles. The van der Waals surface area contributed by atoms with Gasteiger partial charge in [0.1, 0.15) is 16.8 Å². The van der Waals surface area contributed by atoms with E-state index in [1.54, 1.807) is 6.07 Å². The monoisotopic (exact) mass is 240 g/mol. The van der Waals surface area contributed by atoms with Crippen molar-refractivity contribution in [3.05, 3.63) is 16.6 Å². The zero-order chi connectivity index (χ0) is 9.42. The number of aromatic hydroxyl groups is 1. The van der Waals surface area contributed by atoms with Gasteiger partial charge in [0.05, 0.1) is 0 Å². The molecule has 6 heteroatoms. The minimum atomic E-state index is 0.0333. The number of hydrogen-bond acceptors (Lipinski definition) is 5. The first kappa shape index (κ1) is 8.18. The number of phenols is 1. The van der Waals surface area contributed by atoms with E-state index in [0.717, 1.165) is 4.47 Å². The first-order valence-corrected chi connectivity index (χ1v) is 4.24. The second-order valence-corrected chi connectivity index (χ2v) is 3.38. The van der Waals surface area contributed by atoms with Gasteiger partial charge >= 0.3 is 0 Å². The Labute approximate surface area is 81.7 Å². The van der Waals surface area contributed by atoms with Gasteiger partial charge < -0.3 is 10.8 Å². The maximum atomic E-state index is 9.46. The van der Waals surface area contributed by atoms with Crippen LogP contribution in [0.4, 0.5) is 5.95 Å². The number of nitrogens with two attached hydrogens (primary N) is 1. The molecule has 1 aromatic heterocycles. The fourth-order valence-corrected chi connectivity index (χ4v) is 1.44. The van der Waals surface area contributed by atoms with Crippen molar-refractivity contribution in [2.75, 3.05) is 5.73 Å². The lowest BCUT2D eigenvalue weighted by Gasteiger charge is -1.99. The van der Waals surface area contributed by atoms with Gasteiger partial charge in [-0.15, -0.1) is 10.2 Å². The molecule has 0 bridgehead atoms. The number of benzene rings is 1. The van der Waals surface area contributed by atoms with Crippen LogP contribution in [-0.4, -0.2) is 20.3 Å². The summed E-state index contributed by atoms with van der Waals surface area (Å²) in [4.78, 5) is 3.85. The average Bonchev–Trinajstić information content (AvgIpc) is 2.06. The van der Waals surface area contributed by atoms with E-state index in [0.29, 0.717) is 11.0 Å². The zero-order valence-electron chi connectivity index (χ0n) is 6.40. The average molecular weight is 241 g/mol. The molecule has 3 N–H and O–H groups in total. The van der Waals surface area contributed by atoms with Crippen LogP contribution >= 0.6 is 15.9 Å². The predicted molar refractivity (Wildman–Crippen MR) is 51.1 cm³/mol. The van der Waals surface area contributed by atoms with Gasteiger partial charge in [-0.3, -0.25) is 0 Å². The standard InChI is InChI=1S/C7H5BrN4O/c8-3-1-4-6(5(13)2-3)10-7(9)12-11-4/h1-2,13H,(H2,9,10,12). The summed E-state index contributed by atoms with van der Waals surface area (Å²) in [6, 6.07) is 3.23. The second kappa shape index (κ2) is 2.81. The van der Waals surface area contributed by atoms with Gasteiger partial charge in [0.2, 0.25) is 5.95 Å². The van der Waals surface area contributed by atoms with E-state index in [9.17, 15) is 5.11 Å². The molecular weight excluding hydrogens is 236 g/mol. The molecule has 0 fully saturated rings. The molecule has 5 nitrogen and oxygen atoms in total. The number of halogens is 1. The SMILES string of the molecule is Nc1nnc2cc(Br)cc(O)c2n1. The number of hydrogen-bond donors (Lipinski definition) is 2. The van der Waals surface area contributed by atoms with Crippen LogP contribution in [0.25, 0.3) is 11.0 Å². The van der Waals surface area contributed by atoms with Crippen molar-refractivity contribution in [3.8, 4) is 5.75 Å². The quantitative estimate of drug-likeness (QED) is 0.720. The topological polar surface area (TPSA) is 84.9 Å². The predicted octanol–water partition coefficient (Wildman–Crippen LogP) is 1.08. The zero-order valence-corrected chi connectivity index (χ0v) is 7.98. The van der Waals surface area contributed by atoms with Crippen molar-refractivity contribution in [1.29, 1.82) is 0 Å². The number of fused-ring (bicyclic) bond motifs is 1. The Balaban J connectivity index is 2.87. The Bertz CT molecular complexity index is 473. The highest BCUT2D eigenvalue weighted by Gasteiger charge is 2.05. The Morgan fingerprint density at radius 3 is 2.85 bits per heavy atom. The molecular formula is C7H5BrN4O. The number of anilines is 1. The fraction of sp³-hybridized carbons (Fsp3) is 0. The molecule has 13 heavy (non-hydrogen) atoms. The lowest BCUT2D eigenvalue weighted by molar-refractivity contribution is 0.480. The fourth-order valence-electron chi connectivity index (χ4n) is 1.00. The van der Waals surface area contributed by atoms with Crippen molar-refractivity contribution >= 4 is 32.9 Å². The van der Waals surface area contributed by atoms with Gasteiger partial charge in [-0.2, -0.15) is 0 Å². The molecule has 2 rings (SSSR count). The van der Waals surface area contributed by atoms with Crippen LogP contribution in [0, 0.1) is 0 Å². The van der Waals surface area contributed by atoms with Gasteiger partial charge in [0.25, 0.3) is 0 Å². The lowest BCUT2D eigenvalue weighted by Crippen LogP contribution is -1.97. The third-order valence-electron chi connectivity index (χ3n) is 1.52. The van der Waals surface area contributed by atoms with E-state index < -0.39 is 0 Å². The smallest absolute Gasteiger partial charge is 0.240 e. The number of nitrogens with zero attached hydrogens (tertiary/aromatic N) is 3. The molecule has 0 saturated heterocycles. The molecule has 0 aliphatic heterocycles. The summed E-state index contributed by atoms with van der Waals surface area (Å²) in [6.45, 7) is 0. The molecule has 0 aliphatic rings. The molecule has 0 unspecified atom stereocenters. The van der Waals surface area contributed by atoms with Gasteiger partial charge in [-0.05, 0) is 12.1 Å². The summed E-state index contributed by atoms with van der Waals surface area (Å²) in [7, 11) is 0. The van der Waals surface area contributed by atoms with Gasteiger partial charge in [-0.1, -0.05) is 15.9 Å². The van der Waals surface area contributed by atoms with Crippen LogP contribution in [-0.2, 0) is 0 Å². The number of phenolic OH excluding ortho intramolecular Hbond substituents is 1. The molecule has 0 spiro atoms. The molecule has 2 aromatic rings. The third-order valence-corrected chi connectivity index (χ3v) is 1.98. The normalized spacial score (nSPS) is 10.5. The Morgan fingerprint density at radius 1 is 1.31 bits per heavy atom. The number of rotatable bonds is 0. The first-order chi connectivity index (χ1) is 6.16. The highest BCUT2D eigenvalue weighted by Crippen LogP contribution is 2.25. The Kier molecular flexibility index (Phi) is 1.77. The van der Waals surface area contributed by atoms with Crippen LogP contribution in [0.1, 0.15) is 0 Å². The van der Waals surface area contributed by atoms with Gasteiger partial charge in [0, 0.05) is 4.47 Å². The van der Waals surface area contributed by atoms with Gasteiger partial charge in [0.15, 0.2) is 0 Å². The van der Waals surface area contributed by atoms with Gasteiger partial charge in [-0.25, -0.2) is 4.98 Å². The van der Waals surface area contributed by atoms with Crippen molar-refractivity contribution in [3.63, 3.8) is 0 Å². The summed E-state index contributed by atoms with van der Waals surface area (Å²) in [6.07, 6.45) is 0. The third kappa shape index (κ3) is 1.40. The molecule has 0 atom stereocenters. The molecule has 0 saturated carbocycles. The van der Waals surface area contributed by atoms with E-state index >= 15 is 0 Å². The van der Waals surface area contributed by atoms with Crippen LogP contribution in [0.5, 0.6) is 5.75 Å². The summed E-state index contributed by atoms with van der Waals surface area (Å²) in [5.41, 5.74) is 6.18. The number of nitrogen functional groups attached to an aromatic ring is 1. The Morgan fingerprint density at radius 2 is 2.08 bits per heavy atom. The van der Waals surface area contributed by atoms with Crippen molar-refractivity contribution in [2.45, 2.75) is 0 Å². The highest BCUT2D eigenvalue weighted by atomic mass is 79.9. The van der Waals surface area contributed by atoms with E-state index in [1.807, 2.05) is 0 Å². The molecule has 1 aromatic carbocycles. The van der Waals surface area contributed by atoms with E-state index in [4.69, 9.17) is 5.73 Å². The number of aromatic nitrogens is 3. The van der Waals surface area contributed by atoms with Crippen LogP contribution in [0.2, 0.25) is 0 Å². The Hall–Kier alpha value is -1.43. The van der Waals surface area contributed by atoms with Crippen molar-refractivity contribution < 1.29 is 5.11 Å². The molecule has 0 aliphatic carbocycles. The second-order valence-electron chi connectivity index (χ2n) is 2.46. The maximum absolute atomic E-state index is 9.46. The lowest BCUT2D eigenvalue weighted by atomic mass is 10.3. The molecule has 0 amide bonds. The van der Waals surface area contributed by atoms with Crippen LogP contribution in [0.15, 0.2) is 16.6 Å². The maximum Gasteiger partial charge on any atom is 0.240 e. The van der Waals surface area contributed by atoms with Crippen LogP contribution < -0.4 is 5.73 Å². The highest BCUT2D eigenvalue weighted by molar-refractivity contribution is 9.10. The molecule has 66 valence electrons. The van der Waals surface area contributed by atoms with E-state index in [2.05, 4.69) is 31.1 Å². The summed E-state index contributed by atoms with van der Waals surface area (Å²) < 4.78 is 0.721. The first-order valence-electron chi connectivity index (χ1n) is 3.45. The van der Waals surface area contributed by atoms with E-state index in [-0.39, 0.29) is 11.7 Å². The van der Waals surface area contributed by atoms with Crippen molar-refractivity contribution in [2.24, 2.45) is 0 Å². The summed E-state index contributed by atoms with van der Waals surface area (Å²) in [5.74, 6) is 0.0797. The minimum Gasteiger partial charge on any atom is -0.506 e. The minimum absolute atomic E-state index is 0.0333.